The Labute approximate surface area is 121 Å². The Morgan fingerprint density at radius 3 is 2.67 bits per heavy atom. The molecule has 21 heavy (non-hydrogen) atoms. The largest absolute Gasteiger partial charge is 0.342 e. The first-order valence-corrected chi connectivity index (χ1v) is 7.07. The highest BCUT2D eigenvalue weighted by molar-refractivity contribution is 5.82. The van der Waals surface area contributed by atoms with Crippen LogP contribution in [-0.2, 0) is 13.1 Å². The van der Waals surface area contributed by atoms with Crippen molar-refractivity contribution >= 4 is 10.9 Å². The van der Waals surface area contributed by atoms with Gasteiger partial charge in [-0.15, -0.1) is 0 Å². The van der Waals surface area contributed by atoms with Gasteiger partial charge in [0.25, 0.3) is 0 Å². The van der Waals surface area contributed by atoms with Gasteiger partial charge in [0.05, 0.1) is 5.52 Å². The van der Waals surface area contributed by atoms with Crippen LogP contribution < -0.4 is 0 Å². The molecule has 0 saturated carbocycles. The van der Waals surface area contributed by atoms with Crippen molar-refractivity contribution in [1.29, 1.82) is 0 Å². The zero-order valence-corrected chi connectivity index (χ0v) is 11.9. The summed E-state index contributed by atoms with van der Waals surface area (Å²) in [4.78, 5) is 0. The van der Waals surface area contributed by atoms with Crippen molar-refractivity contribution in [2.24, 2.45) is 0 Å². The molecule has 3 aromatic rings. The molecule has 0 unspecified atom stereocenters. The van der Waals surface area contributed by atoms with E-state index in [2.05, 4.69) is 5.10 Å². The topological polar surface area (TPSA) is 22.8 Å². The first kappa shape index (κ1) is 13.8. The van der Waals surface area contributed by atoms with Crippen LogP contribution in [0.3, 0.4) is 0 Å². The monoisotopic (exact) mass is 289 g/mol. The van der Waals surface area contributed by atoms with Gasteiger partial charge < -0.3 is 4.57 Å². The summed E-state index contributed by atoms with van der Waals surface area (Å²) in [6.07, 6.45) is 6.80. The van der Waals surface area contributed by atoms with E-state index in [-0.39, 0.29) is 11.6 Å². The maximum Gasteiger partial charge on any atom is 0.148 e. The molecule has 2 aromatic heterocycles. The van der Waals surface area contributed by atoms with Gasteiger partial charge in [-0.05, 0) is 43.5 Å². The molecule has 0 aliphatic heterocycles. The van der Waals surface area contributed by atoms with Crippen molar-refractivity contribution in [3.05, 3.63) is 54.0 Å². The van der Waals surface area contributed by atoms with Crippen LogP contribution in [0.5, 0.6) is 0 Å². The average molecular weight is 289 g/mol. The lowest BCUT2D eigenvalue weighted by Gasteiger charge is -2.07. The molecule has 110 valence electrons. The van der Waals surface area contributed by atoms with Crippen LogP contribution in [0.25, 0.3) is 10.9 Å². The van der Waals surface area contributed by atoms with Gasteiger partial charge in [-0.2, -0.15) is 5.10 Å². The van der Waals surface area contributed by atoms with E-state index in [1.807, 2.05) is 16.9 Å². The first-order chi connectivity index (χ1) is 10.1. The highest BCUT2D eigenvalue weighted by Crippen LogP contribution is 2.25. The summed E-state index contributed by atoms with van der Waals surface area (Å²) in [6, 6.07) is 5.02. The zero-order valence-electron chi connectivity index (χ0n) is 11.9. The number of rotatable bonds is 5. The lowest BCUT2D eigenvalue weighted by atomic mass is 10.1. The molecular weight excluding hydrogens is 272 g/mol. The number of hydrogen-bond donors (Lipinski definition) is 0. The minimum absolute atomic E-state index is 0.359. The van der Waals surface area contributed by atoms with E-state index < -0.39 is 0 Å². The summed E-state index contributed by atoms with van der Waals surface area (Å²) in [6.45, 7) is 3.18. The Kier molecular flexibility index (Phi) is 3.73. The normalized spacial score (nSPS) is 11.4. The number of aromatic nitrogens is 3. The van der Waals surface area contributed by atoms with Crippen molar-refractivity contribution in [2.45, 2.75) is 32.9 Å². The Morgan fingerprint density at radius 1 is 1.10 bits per heavy atom. The van der Waals surface area contributed by atoms with Gasteiger partial charge >= 0.3 is 0 Å². The Morgan fingerprint density at radius 2 is 1.90 bits per heavy atom. The van der Waals surface area contributed by atoms with Gasteiger partial charge in [0, 0.05) is 37.1 Å². The third-order valence-corrected chi connectivity index (χ3v) is 3.62. The van der Waals surface area contributed by atoms with E-state index in [0.29, 0.717) is 17.4 Å². The molecule has 0 amide bonds. The molecule has 5 heteroatoms. The molecule has 0 spiro atoms. The van der Waals surface area contributed by atoms with Crippen molar-refractivity contribution in [1.82, 2.24) is 14.3 Å². The number of aryl methyl sites for hydroxylation is 3. The van der Waals surface area contributed by atoms with Crippen LogP contribution in [-0.4, -0.2) is 14.3 Å². The van der Waals surface area contributed by atoms with Gasteiger partial charge in [0.2, 0.25) is 0 Å². The molecule has 0 fully saturated rings. The van der Waals surface area contributed by atoms with E-state index in [0.717, 1.165) is 24.9 Å². The smallest absolute Gasteiger partial charge is 0.148 e. The van der Waals surface area contributed by atoms with Crippen LogP contribution >= 0.6 is 0 Å². The fourth-order valence-electron chi connectivity index (χ4n) is 2.64. The molecule has 3 nitrogen and oxygen atoms in total. The van der Waals surface area contributed by atoms with Gasteiger partial charge in [0.15, 0.2) is 0 Å². The summed E-state index contributed by atoms with van der Waals surface area (Å²) < 4.78 is 31.5. The second-order valence-corrected chi connectivity index (χ2v) is 5.29. The maximum atomic E-state index is 14.1. The Bertz CT molecular complexity index is 745. The van der Waals surface area contributed by atoms with Crippen molar-refractivity contribution in [3.8, 4) is 0 Å². The average Bonchev–Trinajstić information content (AvgIpc) is 3.04. The van der Waals surface area contributed by atoms with E-state index >= 15 is 0 Å². The molecule has 0 atom stereocenters. The van der Waals surface area contributed by atoms with E-state index in [1.165, 1.54) is 12.3 Å². The van der Waals surface area contributed by atoms with E-state index in [1.54, 1.807) is 23.8 Å². The molecule has 0 aliphatic rings. The van der Waals surface area contributed by atoms with Gasteiger partial charge in [-0.3, -0.25) is 4.68 Å². The van der Waals surface area contributed by atoms with Crippen LogP contribution in [0, 0.1) is 18.6 Å². The fraction of sp³-hybridized carbons (Fsp3) is 0.312. The minimum atomic E-state index is -0.361. The van der Waals surface area contributed by atoms with Crippen molar-refractivity contribution in [2.75, 3.05) is 0 Å². The summed E-state index contributed by atoms with van der Waals surface area (Å²) in [5.74, 6) is -0.722. The third kappa shape index (κ3) is 2.82. The SMILES string of the molecule is Cc1cc(F)c2c(c1)c(F)cn2CCCCn1cccn1. The molecule has 0 bridgehead atoms. The standard InChI is InChI=1S/C16H17F2N3/c1-12-9-13-15(18)11-20(16(13)14(17)10-12)6-2-3-7-21-8-4-5-19-21/h4-5,8-11H,2-3,6-7H2,1H3. The van der Waals surface area contributed by atoms with Gasteiger partial charge in [0.1, 0.15) is 11.6 Å². The molecular formula is C16H17F2N3. The maximum absolute atomic E-state index is 14.1. The highest BCUT2D eigenvalue weighted by Gasteiger charge is 2.13. The fourth-order valence-corrected chi connectivity index (χ4v) is 2.64. The quantitative estimate of drug-likeness (QED) is 0.653. The highest BCUT2D eigenvalue weighted by atomic mass is 19.1. The predicted molar refractivity (Wildman–Crippen MR) is 78.1 cm³/mol. The van der Waals surface area contributed by atoms with Crippen LogP contribution in [0.1, 0.15) is 18.4 Å². The minimum Gasteiger partial charge on any atom is -0.342 e. The molecule has 0 N–H and O–H groups in total. The lowest BCUT2D eigenvalue weighted by Crippen LogP contribution is -2.02. The number of unbranched alkanes of at least 4 members (excludes halogenated alkanes) is 1. The van der Waals surface area contributed by atoms with E-state index in [9.17, 15) is 8.78 Å². The molecule has 3 rings (SSSR count). The molecule has 0 aliphatic carbocycles. The molecule has 1 aromatic carbocycles. The third-order valence-electron chi connectivity index (χ3n) is 3.62. The zero-order chi connectivity index (χ0) is 14.8. The summed E-state index contributed by atoms with van der Waals surface area (Å²) in [5, 5.41) is 4.49. The second kappa shape index (κ2) is 5.68. The summed E-state index contributed by atoms with van der Waals surface area (Å²) in [5.41, 5.74) is 1.09. The van der Waals surface area contributed by atoms with Gasteiger partial charge in [-0.25, -0.2) is 8.78 Å². The number of benzene rings is 1. The summed E-state index contributed by atoms with van der Waals surface area (Å²) in [7, 11) is 0. The molecule has 0 radical (unpaired) electrons. The van der Waals surface area contributed by atoms with E-state index in [4.69, 9.17) is 0 Å². The van der Waals surface area contributed by atoms with Crippen molar-refractivity contribution in [3.63, 3.8) is 0 Å². The number of halogens is 2. The number of hydrogen-bond acceptors (Lipinski definition) is 1. The second-order valence-electron chi connectivity index (χ2n) is 5.29. The van der Waals surface area contributed by atoms with Crippen LogP contribution in [0.4, 0.5) is 8.78 Å². The first-order valence-electron chi connectivity index (χ1n) is 7.07. The molecule has 0 saturated heterocycles. The van der Waals surface area contributed by atoms with Crippen LogP contribution in [0.2, 0.25) is 0 Å². The number of nitrogens with zero attached hydrogens (tertiary/aromatic N) is 3. The van der Waals surface area contributed by atoms with Gasteiger partial charge in [-0.1, -0.05) is 0 Å². The predicted octanol–water partition coefficient (Wildman–Crippen LogP) is 3.90. The number of fused-ring (bicyclic) bond motifs is 1. The van der Waals surface area contributed by atoms with Crippen LogP contribution in [0.15, 0.2) is 36.8 Å². The summed E-state index contributed by atoms with van der Waals surface area (Å²) >= 11 is 0. The molecule has 2 heterocycles. The van der Waals surface area contributed by atoms with Crippen molar-refractivity contribution < 1.29 is 8.78 Å². The Balaban J connectivity index is 1.72. The Hall–Kier alpha value is -2.17. The lowest BCUT2D eigenvalue weighted by molar-refractivity contribution is 0.521.